The zero-order chi connectivity index (χ0) is 101. The van der Waals surface area contributed by atoms with Crippen molar-refractivity contribution in [3.05, 3.63) is 247 Å². The molecule has 48 heteroatoms. The van der Waals surface area contributed by atoms with Crippen LogP contribution in [0.3, 0.4) is 0 Å². The van der Waals surface area contributed by atoms with Crippen molar-refractivity contribution in [1.82, 2.24) is 60.8 Å². The SMILES string of the molecule is CCOC(=O)C1=C(CN2CC(C)(C)OCC2C(=O)O)NC(c2nccs2)=NC1c1ccc(Cl)cc1Cl.CCOC(=O)C1=C(CN2CC(C)(C)OCC2C(=O)O)NC(c2nccs2)=NC1c1ccc(F)cc1Br.CCOC(=O)C1=C(CN2CCOC(C(=O)O)C2)NC(c2nccs2)=NC1c1ccc(F)cc1Cl.CCOC(=O)C1=C(CN2CCOCC2OC=O)NC(c2ncc(C)s2)=NC1c1ccc(F)cc1Br. The number of carbonyl (C=O) groups excluding carboxylic acids is 5. The quantitative estimate of drug-likeness (QED) is 0.0130. The fourth-order valence-corrected chi connectivity index (χ4v) is 20.5. The summed E-state index contributed by atoms with van der Waals surface area (Å²) < 4.78 is 91.5. The molecule has 8 aliphatic rings. The van der Waals surface area contributed by atoms with Gasteiger partial charge in [0.05, 0.1) is 93.0 Å². The van der Waals surface area contributed by atoms with Gasteiger partial charge in [-0.05, 0) is 122 Å². The number of aryl methyl sites for hydroxylation is 1. The van der Waals surface area contributed by atoms with Crippen molar-refractivity contribution in [3.63, 3.8) is 0 Å². The fraction of sp³-hybridized carbons (Fsp3) is 0.398. The van der Waals surface area contributed by atoms with Gasteiger partial charge < -0.3 is 79.2 Å². The Morgan fingerprint density at radius 3 is 1.26 bits per heavy atom. The number of benzene rings is 4. The number of aromatic nitrogens is 4. The van der Waals surface area contributed by atoms with Crippen LogP contribution >= 0.6 is 112 Å². The lowest BCUT2D eigenvalue weighted by Gasteiger charge is -2.42. The van der Waals surface area contributed by atoms with E-state index in [4.69, 9.17) is 97.4 Å². The number of carbonyl (C=O) groups is 8. The summed E-state index contributed by atoms with van der Waals surface area (Å²) in [6.07, 6.45) is 5.09. The molecular weight excluding hydrogens is 2110 g/mol. The Hall–Kier alpha value is -10.7. The average Bonchev–Trinajstić information content (AvgIpc) is 1.75. The van der Waals surface area contributed by atoms with Gasteiger partial charge in [-0.1, -0.05) is 90.9 Å². The monoisotopic (exact) mass is 2210 g/mol. The van der Waals surface area contributed by atoms with Crippen LogP contribution in [0, 0.1) is 24.4 Å². The van der Waals surface area contributed by atoms with E-state index in [0.717, 1.165) is 4.88 Å². The van der Waals surface area contributed by atoms with E-state index < -0.39 is 119 Å². The highest BCUT2D eigenvalue weighted by molar-refractivity contribution is 9.10. The smallest absolute Gasteiger partial charge is 0.338 e. The first-order valence-electron chi connectivity index (χ1n) is 44.1. The molecule has 8 aromatic rings. The van der Waals surface area contributed by atoms with E-state index in [1.54, 1.807) is 103 Å². The first-order chi connectivity index (χ1) is 67.5. The first kappa shape index (κ1) is 108. The van der Waals surface area contributed by atoms with E-state index in [1.807, 2.05) is 49.8 Å². The van der Waals surface area contributed by atoms with Crippen LogP contribution in [0.4, 0.5) is 13.2 Å². The fourth-order valence-electron chi connectivity index (χ4n) is 16.1. The van der Waals surface area contributed by atoms with Crippen molar-refractivity contribution in [1.29, 1.82) is 0 Å². The summed E-state index contributed by atoms with van der Waals surface area (Å²) in [5.41, 5.74) is 3.89. The Bertz CT molecular complexity index is 6030. The Balaban J connectivity index is 0.000000158. The number of rotatable bonds is 29. The zero-order valence-electron chi connectivity index (χ0n) is 77.2. The van der Waals surface area contributed by atoms with Crippen LogP contribution in [0.15, 0.2) is 188 Å². The lowest BCUT2D eigenvalue weighted by Crippen LogP contribution is -2.58. The maximum absolute atomic E-state index is 13.9. The standard InChI is InChI=1S/C24H26BrFN4O5S.C24H26Cl2N4O5S.C23H24BrFN4O5S.C22H22ClFN4O5S/c1-4-34-23(33)18-16(10-30-12-24(2,3)35-11-17(30)22(31)32)28-20(21-27-7-8-36-21)29-19(18)14-6-5-13(26)9-15(14)25;1-4-34-23(33)18-16(10-30-12-24(2,3)35-11-17(30)22(31)32)28-20(21-27-7-8-36-21)29-19(18)14-6-5-13(25)9-15(14)26;1-3-33-23(31)19-17(10-29-6-7-32-11-18(29)34-12-30)27-21(22-26-9-13(2)35-22)28-20(19)15-5-4-14(25)8-16(15)24;1-2-32-22(31)17-15(10-28-6-7-33-16(11-28)21(29)30)26-19(20-25-5-8-34-20)27-18(17)13-4-3-12(24)9-14(13)23/h2*5-9,17,19H,4,10-12H2,1-3H3,(H,28,29)(H,31,32);4-5,8-9,12,18,20H,3,6-7,10-11H2,1-2H3,(H,27,28);3-5,8-9,16,18H,2,6-7,10-11H2,1H3,(H,26,27)(H,29,30). The number of aliphatic carboxylic acids is 3. The minimum Gasteiger partial charge on any atom is -0.480 e. The highest BCUT2D eigenvalue weighted by atomic mass is 79.9. The van der Waals surface area contributed by atoms with Gasteiger partial charge >= 0.3 is 41.8 Å². The molecule has 4 saturated heterocycles. The Morgan fingerprint density at radius 1 is 0.504 bits per heavy atom. The molecule has 0 radical (unpaired) electrons. The topological polar surface area (TPSA) is 442 Å². The molecule has 7 N–H and O–H groups in total. The predicted molar refractivity (Wildman–Crippen MR) is 527 cm³/mol. The van der Waals surface area contributed by atoms with Gasteiger partial charge in [-0.25, -0.2) is 57.1 Å². The number of nitrogens with zero attached hydrogens (tertiary/aromatic N) is 12. The van der Waals surface area contributed by atoms with Crippen LogP contribution in [0.5, 0.6) is 0 Å². The number of aliphatic imine (C=N–C) groups is 4. The second-order valence-corrected chi connectivity index (χ2v) is 40.1. The molecule has 0 aliphatic carbocycles. The van der Waals surface area contributed by atoms with Gasteiger partial charge in [-0.3, -0.25) is 54.0 Å². The summed E-state index contributed by atoms with van der Waals surface area (Å²) in [5.74, 6) is -4.99. The van der Waals surface area contributed by atoms with E-state index in [9.17, 15) is 66.8 Å². The van der Waals surface area contributed by atoms with Gasteiger partial charge in [0.25, 0.3) is 6.47 Å². The van der Waals surface area contributed by atoms with Gasteiger partial charge in [0.2, 0.25) is 0 Å². The van der Waals surface area contributed by atoms with Gasteiger partial charge in [-0.2, -0.15) is 0 Å². The predicted octanol–water partition coefficient (Wildman–Crippen LogP) is 13.2. The molecule has 750 valence electrons. The molecule has 0 saturated carbocycles. The van der Waals surface area contributed by atoms with Crippen LogP contribution in [-0.2, 0) is 81.0 Å². The number of nitrogens with one attached hydrogen (secondary N) is 4. The summed E-state index contributed by atoms with van der Waals surface area (Å²) in [4.78, 5) is 144. The number of thiazole rings is 4. The number of ether oxygens (including phenoxy) is 9. The maximum Gasteiger partial charge on any atom is 0.338 e. The molecule has 141 heavy (non-hydrogen) atoms. The molecule has 36 nitrogen and oxygen atoms in total. The molecule has 8 unspecified atom stereocenters. The van der Waals surface area contributed by atoms with Gasteiger partial charge in [0.15, 0.2) is 55.7 Å². The van der Waals surface area contributed by atoms with Crippen LogP contribution in [0.1, 0.15) is 127 Å². The number of halogens is 8. The highest BCUT2D eigenvalue weighted by Gasteiger charge is 2.46. The van der Waals surface area contributed by atoms with Crippen LogP contribution in [-0.4, -0.2) is 280 Å². The molecule has 8 aliphatic heterocycles. The highest BCUT2D eigenvalue weighted by Crippen LogP contribution is 2.44. The van der Waals surface area contributed by atoms with Crippen molar-refractivity contribution in [3.8, 4) is 0 Å². The van der Waals surface area contributed by atoms with E-state index in [-0.39, 0.29) is 113 Å². The molecule has 0 bridgehead atoms. The minimum atomic E-state index is -1.05. The Kier molecular flexibility index (Phi) is 37.4. The van der Waals surface area contributed by atoms with Gasteiger partial charge in [0, 0.05) is 163 Å². The third-order valence-electron chi connectivity index (χ3n) is 22.4. The van der Waals surface area contributed by atoms with E-state index in [0.29, 0.717) is 147 Å². The Morgan fingerprint density at radius 2 is 0.894 bits per heavy atom. The molecule has 0 amide bonds. The summed E-state index contributed by atoms with van der Waals surface area (Å²) in [6.45, 7) is 20.6. The number of morpholine rings is 4. The molecule has 4 fully saturated rings. The van der Waals surface area contributed by atoms with E-state index >= 15 is 0 Å². The summed E-state index contributed by atoms with van der Waals surface area (Å²) in [6, 6.07) is 12.2. The normalized spacial score (nSPS) is 21.5. The zero-order valence-corrected chi connectivity index (χ0v) is 85.9. The number of esters is 4. The molecule has 0 spiro atoms. The summed E-state index contributed by atoms with van der Waals surface area (Å²) >= 11 is 31.4. The molecule has 16 rings (SSSR count). The molecule has 4 aromatic heterocycles. The van der Waals surface area contributed by atoms with Crippen LogP contribution in [0.2, 0.25) is 15.1 Å². The number of hydrogen-bond donors (Lipinski definition) is 7. The number of carboxylic acid groups (broad SMARTS) is 3. The molecule has 4 aromatic carbocycles. The number of amidine groups is 4. The second kappa shape index (κ2) is 49.1. The largest absolute Gasteiger partial charge is 0.480 e. The summed E-state index contributed by atoms with van der Waals surface area (Å²) in [5, 5.41) is 50.8. The Labute approximate surface area is 855 Å². The molecular formula is C93H98Br2Cl3F3N16O20S4. The van der Waals surface area contributed by atoms with Crippen LogP contribution < -0.4 is 21.3 Å². The van der Waals surface area contributed by atoms with E-state index in [1.165, 1.54) is 87.8 Å². The average molecular weight is 2210 g/mol. The molecule has 12 heterocycles. The van der Waals surface area contributed by atoms with E-state index in [2.05, 4.69) is 73.1 Å². The van der Waals surface area contributed by atoms with Crippen molar-refractivity contribution in [2.24, 2.45) is 20.0 Å². The first-order valence-corrected chi connectivity index (χ1v) is 50.3. The van der Waals surface area contributed by atoms with Crippen molar-refractivity contribution >= 4 is 184 Å². The lowest BCUT2D eigenvalue weighted by molar-refractivity contribution is -0.162. The number of hydrogen-bond acceptors (Lipinski definition) is 37. The molecule has 8 atom stereocenters. The van der Waals surface area contributed by atoms with Gasteiger partial charge in [-0.15, -0.1) is 45.3 Å². The number of carboxylic acids is 3. The second-order valence-electron chi connectivity index (χ2n) is 33.2. The maximum atomic E-state index is 13.9. The van der Waals surface area contributed by atoms with Crippen molar-refractivity contribution in [2.75, 3.05) is 118 Å². The summed E-state index contributed by atoms with van der Waals surface area (Å²) in [7, 11) is 0. The minimum absolute atomic E-state index is 0.00468. The third-order valence-corrected chi connectivity index (χ3v) is 27.9. The lowest BCUT2D eigenvalue weighted by atomic mass is 9.94. The van der Waals surface area contributed by atoms with Gasteiger partial charge in [0.1, 0.15) is 53.7 Å². The van der Waals surface area contributed by atoms with Crippen molar-refractivity contribution in [2.45, 2.75) is 122 Å². The van der Waals surface area contributed by atoms with Crippen LogP contribution in [0.25, 0.3) is 0 Å². The third kappa shape index (κ3) is 27.2. The van der Waals surface area contributed by atoms with Crippen molar-refractivity contribution < 1.29 is 109 Å².